The van der Waals surface area contributed by atoms with Gasteiger partial charge in [0.2, 0.25) is 5.91 Å². The zero-order chi connectivity index (χ0) is 13.5. The normalized spacial score (nSPS) is 27.1. The van der Waals surface area contributed by atoms with Crippen molar-refractivity contribution in [2.45, 2.75) is 76.7 Å². The molecule has 0 aromatic rings. The maximum atomic E-state index is 12.4. The third-order valence-corrected chi connectivity index (χ3v) is 4.91. The van der Waals surface area contributed by atoms with Gasteiger partial charge in [-0.25, -0.2) is 0 Å². The fraction of sp³-hybridized carbons (Fsp3) is 0.938. The van der Waals surface area contributed by atoms with E-state index in [4.69, 9.17) is 5.73 Å². The van der Waals surface area contributed by atoms with Crippen molar-refractivity contribution in [3.63, 3.8) is 0 Å². The molecule has 2 fully saturated rings. The highest BCUT2D eigenvalue weighted by Gasteiger charge is 2.35. The molecular formula is C16H30N2O. The summed E-state index contributed by atoms with van der Waals surface area (Å²) in [5.74, 6) is 1.23. The van der Waals surface area contributed by atoms with Gasteiger partial charge in [-0.2, -0.15) is 0 Å². The van der Waals surface area contributed by atoms with Crippen LogP contribution in [-0.2, 0) is 4.79 Å². The van der Waals surface area contributed by atoms with Gasteiger partial charge in [0.05, 0.1) is 0 Å². The van der Waals surface area contributed by atoms with Crippen LogP contribution in [0.1, 0.15) is 70.6 Å². The lowest BCUT2D eigenvalue weighted by Crippen LogP contribution is -2.49. The van der Waals surface area contributed by atoms with Crippen LogP contribution in [0.5, 0.6) is 0 Å². The summed E-state index contributed by atoms with van der Waals surface area (Å²) in [6.45, 7) is 1.80. The molecule has 19 heavy (non-hydrogen) atoms. The highest BCUT2D eigenvalue weighted by atomic mass is 16.2. The molecule has 1 saturated heterocycles. The highest BCUT2D eigenvalue weighted by molar-refractivity contribution is 5.76. The number of carbonyl (C=O) groups is 1. The molecule has 0 spiro atoms. The average molecular weight is 266 g/mol. The Hall–Kier alpha value is -0.570. The van der Waals surface area contributed by atoms with Gasteiger partial charge >= 0.3 is 0 Å². The van der Waals surface area contributed by atoms with Gasteiger partial charge in [-0.05, 0) is 51.0 Å². The summed E-state index contributed by atoms with van der Waals surface area (Å²) in [5.41, 5.74) is 5.49. The Labute approximate surface area is 117 Å². The molecule has 2 rings (SSSR count). The van der Waals surface area contributed by atoms with E-state index < -0.39 is 0 Å². The van der Waals surface area contributed by atoms with E-state index in [-0.39, 0.29) is 0 Å². The number of amides is 1. The maximum Gasteiger partial charge on any atom is 0.222 e. The van der Waals surface area contributed by atoms with Crippen LogP contribution in [0.25, 0.3) is 0 Å². The largest absolute Gasteiger partial charge is 0.339 e. The Kier molecular flexibility index (Phi) is 6.15. The molecule has 0 aromatic carbocycles. The Morgan fingerprint density at radius 3 is 2.58 bits per heavy atom. The molecule has 1 amide bonds. The first-order valence-corrected chi connectivity index (χ1v) is 8.32. The van der Waals surface area contributed by atoms with Crippen molar-refractivity contribution in [2.24, 2.45) is 11.7 Å². The zero-order valence-corrected chi connectivity index (χ0v) is 12.3. The number of rotatable bonds is 6. The lowest BCUT2D eigenvalue weighted by Gasteiger charge is -2.44. The maximum absolute atomic E-state index is 12.4. The summed E-state index contributed by atoms with van der Waals surface area (Å²) >= 11 is 0. The molecule has 3 nitrogen and oxygen atoms in total. The first kappa shape index (κ1) is 14.8. The third kappa shape index (κ3) is 4.20. The van der Waals surface area contributed by atoms with Crippen molar-refractivity contribution >= 4 is 5.91 Å². The lowest BCUT2D eigenvalue weighted by molar-refractivity contribution is -0.137. The van der Waals surface area contributed by atoms with E-state index in [0.717, 1.165) is 44.7 Å². The topological polar surface area (TPSA) is 46.3 Å². The number of nitrogens with zero attached hydrogens (tertiary/aromatic N) is 1. The number of fused-ring (bicyclic) bond motifs is 1. The van der Waals surface area contributed by atoms with Gasteiger partial charge in [-0.1, -0.05) is 25.7 Å². The van der Waals surface area contributed by atoms with E-state index in [1.54, 1.807) is 0 Å². The van der Waals surface area contributed by atoms with Crippen LogP contribution in [0, 0.1) is 5.92 Å². The molecule has 2 N–H and O–H groups in total. The minimum absolute atomic E-state index is 0.421. The standard InChI is InChI=1S/C16H30N2O/c17-12-6-2-1-3-11-16(19)18-13-7-9-14-8-4-5-10-15(14)18/h14-15H,1-13,17H2/t14-,15-/m1/s1. The summed E-state index contributed by atoms with van der Waals surface area (Å²) in [6.07, 6.45) is 13.1. The Balaban J connectivity index is 1.74. The van der Waals surface area contributed by atoms with Gasteiger partial charge in [0.25, 0.3) is 0 Å². The molecule has 110 valence electrons. The quantitative estimate of drug-likeness (QED) is 0.751. The van der Waals surface area contributed by atoms with Crippen LogP contribution >= 0.6 is 0 Å². The number of nitrogens with two attached hydrogens (primary N) is 1. The van der Waals surface area contributed by atoms with Crippen LogP contribution < -0.4 is 5.73 Å². The van der Waals surface area contributed by atoms with Crippen molar-refractivity contribution in [1.82, 2.24) is 4.90 Å². The predicted molar refractivity (Wildman–Crippen MR) is 78.8 cm³/mol. The second kappa shape index (κ2) is 7.88. The van der Waals surface area contributed by atoms with Crippen molar-refractivity contribution in [1.29, 1.82) is 0 Å². The lowest BCUT2D eigenvalue weighted by atomic mass is 9.78. The number of likely N-dealkylation sites (tertiary alicyclic amines) is 1. The summed E-state index contributed by atoms with van der Waals surface area (Å²) in [4.78, 5) is 14.6. The van der Waals surface area contributed by atoms with Gasteiger partial charge < -0.3 is 10.6 Å². The molecule has 2 aliphatic rings. The van der Waals surface area contributed by atoms with Crippen molar-refractivity contribution in [2.75, 3.05) is 13.1 Å². The van der Waals surface area contributed by atoms with Gasteiger partial charge in [-0.15, -0.1) is 0 Å². The first-order chi connectivity index (χ1) is 9.33. The summed E-state index contributed by atoms with van der Waals surface area (Å²) < 4.78 is 0. The summed E-state index contributed by atoms with van der Waals surface area (Å²) in [6, 6.07) is 0.582. The second-order valence-electron chi connectivity index (χ2n) is 6.29. The SMILES string of the molecule is NCCCCCCC(=O)N1CCC[C@H]2CCCC[C@H]21. The Morgan fingerprint density at radius 2 is 1.74 bits per heavy atom. The number of hydrogen-bond donors (Lipinski definition) is 1. The second-order valence-corrected chi connectivity index (χ2v) is 6.29. The number of unbranched alkanes of at least 4 members (excludes halogenated alkanes) is 3. The monoisotopic (exact) mass is 266 g/mol. The van der Waals surface area contributed by atoms with Crippen molar-refractivity contribution in [3.05, 3.63) is 0 Å². The van der Waals surface area contributed by atoms with Gasteiger partial charge in [-0.3, -0.25) is 4.79 Å². The van der Waals surface area contributed by atoms with Crippen LogP contribution in [0.3, 0.4) is 0 Å². The minimum Gasteiger partial charge on any atom is -0.339 e. The highest BCUT2D eigenvalue weighted by Crippen LogP contribution is 2.35. The van der Waals surface area contributed by atoms with Gasteiger partial charge in [0.1, 0.15) is 0 Å². The smallest absolute Gasteiger partial charge is 0.222 e. The molecule has 1 saturated carbocycles. The van der Waals surface area contributed by atoms with Crippen molar-refractivity contribution < 1.29 is 4.79 Å². The van der Waals surface area contributed by atoms with E-state index in [2.05, 4.69) is 4.90 Å². The molecule has 1 heterocycles. The minimum atomic E-state index is 0.421. The summed E-state index contributed by atoms with van der Waals surface area (Å²) in [7, 11) is 0. The van der Waals surface area contributed by atoms with Gasteiger partial charge in [0.15, 0.2) is 0 Å². The van der Waals surface area contributed by atoms with E-state index in [9.17, 15) is 4.79 Å². The zero-order valence-electron chi connectivity index (χ0n) is 12.3. The van der Waals surface area contributed by atoms with Crippen molar-refractivity contribution in [3.8, 4) is 0 Å². The van der Waals surface area contributed by atoms with E-state index in [1.807, 2.05) is 0 Å². The van der Waals surface area contributed by atoms with Crippen LogP contribution in [0.2, 0.25) is 0 Å². The predicted octanol–water partition coefficient (Wildman–Crippen LogP) is 3.08. The summed E-state index contributed by atoms with van der Waals surface area (Å²) in [5, 5.41) is 0. The number of hydrogen-bond acceptors (Lipinski definition) is 2. The molecule has 1 aliphatic carbocycles. The number of carbonyl (C=O) groups excluding carboxylic acids is 1. The van der Waals surface area contributed by atoms with Crippen LogP contribution in [0.4, 0.5) is 0 Å². The average Bonchev–Trinajstić information content (AvgIpc) is 2.46. The van der Waals surface area contributed by atoms with Crippen LogP contribution in [0.15, 0.2) is 0 Å². The molecule has 1 aliphatic heterocycles. The molecule has 0 unspecified atom stereocenters. The molecule has 2 atom stereocenters. The van der Waals surface area contributed by atoms with E-state index in [1.165, 1.54) is 44.9 Å². The Morgan fingerprint density at radius 1 is 1.00 bits per heavy atom. The molecular weight excluding hydrogens is 236 g/mol. The third-order valence-electron chi connectivity index (χ3n) is 4.91. The molecule has 3 heteroatoms. The molecule has 0 bridgehead atoms. The fourth-order valence-electron chi connectivity index (χ4n) is 3.85. The molecule has 0 radical (unpaired) electrons. The van der Waals surface area contributed by atoms with E-state index >= 15 is 0 Å². The fourth-order valence-corrected chi connectivity index (χ4v) is 3.85. The Bertz CT molecular complexity index is 278. The first-order valence-electron chi connectivity index (χ1n) is 8.32. The number of piperidine rings is 1. The molecule has 0 aromatic heterocycles. The van der Waals surface area contributed by atoms with E-state index in [0.29, 0.717) is 11.9 Å². The van der Waals surface area contributed by atoms with Crippen LogP contribution in [-0.4, -0.2) is 29.9 Å². The van der Waals surface area contributed by atoms with Gasteiger partial charge in [0, 0.05) is 19.0 Å².